The fourth-order valence-corrected chi connectivity index (χ4v) is 6.03. The van der Waals surface area contributed by atoms with Gasteiger partial charge in [-0.2, -0.15) is 0 Å². The molecule has 0 unspecified atom stereocenters. The van der Waals surface area contributed by atoms with Crippen molar-refractivity contribution < 1.29 is 9.68 Å². The molecular weight excluding hydrogens is 441 g/mol. The SMILES string of the molecule is C.O[B]Oc1ccc2c(c1)c1cccc3c1n2-c1ccccc1C3(c1ccccc1)c1ccccc1. The van der Waals surface area contributed by atoms with Gasteiger partial charge in [-0.25, -0.2) is 0 Å². The van der Waals surface area contributed by atoms with E-state index in [1.807, 2.05) is 12.1 Å². The first-order valence-corrected chi connectivity index (χ1v) is 11.7. The Balaban J connectivity index is 0.00000240. The normalized spacial score (nSPS) is 13.1. The first-order chi connectivity index (χ1) is 17.3. The van der Waals surface area contributed by atoms with E-state index in [-0.39, 0.29) is 7.43 Å². The lowest BCUT2D eigenvalue weighted by atomic mass is 9.63. The molecule has 0 bridgehead atoms. The van der Waals surface area contributed by atoms with Gasteiger partial charge in [0.2, 0.25) is 0 Å². The summed E-state index contributed by atoms with van der Waals surface area (Å²) in [6.07, 6.45) is 0. The van der Waals surface area contributed by atoms with Crippen LogP contribution in [-0.2, 0) is 5.41 Å². The van der Waals surface area contributed by atoms with Crippen molar-refractivity contribution in [2.45, 2.75) is 12.8 Å². The van der Waals surface area contributed by atoms with E-state index in [2.05, 4.69) is 114 Å². The molecule has 1 N–H and O–H groups in total. The van der Waals surface area contributed by atoms with Gasteiger partial charge in [-0.1, -0.05) is 104 Å². The van der Waals surface area contributed by atoms with E-state index in [0.717, 1.165) is 24.0 Å². The number of hydrogen-bond acceptors (Lipinski definition) is 2. The Morgan fingerprint density at radius 1 is 0.639 bits per heavy atom. The third-order valence-electron chi connectivity index (χ3n) is 7.31. The molecule has 6 aromatic rings. The molecule has 4 heteroatoms. The maximum atomic E-state index is 9.21. The number of nitrogens with zero attached hydrogens (tertiary/aromatic N) is 1. The van der Waals surface area contributed by atoms with Crippen LogP contribution < -0.4 is 4.65 Å². The summed E-state index contributed by atoms with van der Waals surface area (Å²) >= 11 is 0. The standard InChI is InChI=1S/C31H21BNO2.CH4/c34-32-35-23-18-19-28-25(20-23)24-14-9-16-27-30(24)33(28)29-17-8-7-15-26(29)31(27,21-10-3-1-4-11-21)22-12-5-2-6-13-22;/h1-20,34H;1H4. The monoisotopic (exact) mass is 466 g/mol. The van der Waals surface area contributed by atoms with E-state index < -0.39 is 5.41 Å². The van der Waals surface area contributed by atoms with Crippen molar-refractivity contribution in [2.75, 3.05) is 0 Å². The molecule has 0 fully saturated rings. The number of hydrogen-bond donors (Lipinski definition) is 1. The number of aromatic nitrogens is 1. The van der Waals surface area contributed by atoms with Crippen LogP contribution in [0.2, 0.25) is 0 Å². The molecule has 1 aliphatic rings. The maximum Gasteiger partial charge on any atom is 0.569 e. The zero-order valence-electron chi connectivity index (χ0n) is 18.9. The number of fused-ring (bicyclic) bond motifs is 5. The molecule has 36 heavy (non-hydrogen) atoms. The van der Waals surface area contributed by atoms with Crippen LogP contribution >= 0.6 is 0 Å². The molecular formula is C32H25BNO2. The van der Waals surface area contributed by atoms with Gasteiger partial charge in [0.05, 0.1) is 22.1 Å². The lowest BCUT2D eigenvalue weighted by molar-refractivity contribution is 0.454. The van der Waals surface area contributed by atoms with E-state index in [0.29, 0.717) is 5.75 Å². The Morgan fingerprint density at radius 2 is 1.28 bits per heavy atom. The first-order valence-electron chi connectivity index (χ1n) is 11.7. The molecule has 0 spiro atoms. The van der Waals surface area contributed by atoms with Crippen LogP contribution in [0.1, 0.15) is 29.7 Å². The van der Waals surface area contributed by atoms with Crippen LogP contribution in [-0.4, -0.2) is 17.3 Å². The Morgan fingerprint density at radius 3 is 1.97 bits per heavy atom. The van der Waals surface area contributed by atoms with Gasteiger partial charge in [0.15, 0.2) is 0 Å². The van der Waals surface area contributed by atoms with Crippen molar-refractivity contribution in [2.24, 2.45) is 0 Å². The van der Waals surface area contributed by atoms with E-state index in [1.54, 1.807) is 0 Å². The quantitative estimate of drug-likeness (QED) is 0.283. The summed E-state index contributed by atoms with van der Waals surface area (Å²) in [6, 6.07) is 42.9. The lowest BCUT2D eigenvalue weighted by Crippen LogP contribution is -2.35. The lowest BCUT2D eigenvalue weighted by Gasteiger charge is -2.41. The highest BCUT2D eigenvalue weighted by Gasteiger charge is 2.44. The highest BCUT2D eigenvalue weighted by Crippen LogP contribution is 2.54. The second-order valence-electron chi connectivity index (χ2n) is 8.94. The molecule has 3 nitrogen and oxygen atoms in total. The smallest absolute Gasteiger partial charge is 0.537 e. The highest BCUT2D eigenvalue weighted by molar-refractivity contribution is 6.18. The van der Waals surface area contributed by atoms with Crippen LogP contribution in [0.3, 0.4) is 0 Å². The zero-order valence-corrected chi connectivity index (χ0v) is 18.9. The summed E-state index contributed by atoms with van der Waals surface area (Å²) in [5.74, 6) is 0.606. The minimum absolute atomic E-state index is 0. The predicted molar refractivity (Wildman–Crippen MR) is 148 cm³/mol. The molecule has 0 atom stereocenters. The molecule has 1 radical (unpaired) electrons. The van der Waals surface area contributed by atoms with Crippen molar-refractivity contribution in [3.63, 3.8) is 0 Å². The second-order valence-corrected chi connectivity index (χ2v) is 8.94. The van der Waals surface area contributed by atoms with Gasteiger partial charge in [0, 0.05) is 10.8 Å². The zero-order chi connectivity index (χ0) is 23.4. The van der Waals surface area contributed by atoms with Gasteiger partial charge in [-0.15, -0.1) is 0 Å². The summed E-state index contributed by atoms with van der Waals surface area (Å²) in [7, 11) is 0.731. The fraction of sp³-hybridized carbons (Fsp3) is 0.0625. The Kier molecular flexibility index (Phi) is 5.20. The van der Waals surface area contributed by atoms with Crippen molar-refractivity contribution in [1.82, 2.24) is 4.57 Å². The van der Waals surface area contributed by atoms with Gasteiger partial charge >= 0.3 is 7.69 Å². The Labute approximate surface area is 211 Å². The van der Waals surface area contributed by atoms with E-state index in [9.17, 15) is 5.02 Å². The third kappa shape index (κ3) is 2.85. The van der Waals surface area contributed by atoms with Crippen molar-refractivity contribution in [1.29, 1.82) is 0 Å². The molecule has 0 aliphatic carbocycles. The molecule has 1 aliphatic heterocycles. The van der Waals surface area contributed by atoms with Crippen LogP contribution in [0.5, 0.6) is 5.75 Å². The average molecular weight is 466 g/mol. The summed E-state index contributed by atoms with van der Waals surface area (Å²) in [5, 5.41) is 11.5. The maximum absolute atomic E-state index is 9.21. The van der Waals surface area contributed by atoms with Crippen molar-refractivity contribution in [3.8, 4) is 11.4 Å². The summed E-state index contributed by atoms with van der Waals surface area (Å²) in [6.45, 7) is 0. The number of rotatable bonds is 4. The van der Waals surface area contributed by atoms with Crippen LogP contribution in [0, 0.1) is 0 Å². The van der Waals surface area contributed by atoms with Crippen LogP contribution in [0.4, 0.5) is 0 Å². The summed E-state index contributed by atoms with van der Waals surface area (Å²) in [4.78, 5) is 0. The molecule has 5 aromatic carbocycles. The number of benzene rings is 5. The van der Waals surface area contributed by atoms with Gasteiger partial charge in [-0.3, -0.25) is 0 Å². The van der Waals surface area contributed by atoms with Gasteiger partial charge in [-0.05, 0) is 46.5 Å². The summed E-state index contributed by atoms with van der Waals surface area (Å²) in [5.41, 5.74) is 7.97. The minimum atomic E-state index is -0.471. The molecule has 173 valence electrons. The number of para-hydroxylation sites is 2. The fourth-order valence-electron chi connectivity index (χ4n) is 6.03. The Bertz CT molecular complexity index is 1670. The second kappa shape index (κ2) is 8.44. The molecule has 0 saturated carbocycles. The largest absolute Gasteiger partial charge is 0.569 e. The molecule has 0 amide bonds. The molecule has 1 aromatic heterocycles. The van der Waals surface area contributed by atoms with Crippen molar-refractivity contribution in [3.05, 3.63) is 144 Å². The molecule has 0 saturated heterocycles. The van der Waals surface area contributed by atoms with E-state index in [1.165, 1.54) is 33.5 Å². The van der Waals surface area contributed by atoms with Gasteiger partial charge < -0.3 is 14.2 Å². The highest BCUT2D eigenvalue weighted by atomic mass is 16.5. The topological polar surface area (TPSA) is 34.4 Å². The van der Waals surface area contributed by atoms with E-state index in [4.69, 9.17) is 4.65 Å². The van der Waals surface area contributed by atoms with Crippen LogP contribution in [0.25, 0.3) is 27.5 Å². The molecule has 7 rings (SSSR count). The van der Waals surface area contributed by atoms with Crippen molar-refractivity contribution >= 4 is 29.5 Å². The Hall–Kier alpha value is -4.28. The van der Waals surface area contributed by atoms with Crippen LogP contribution in [0.15, 0.2) is 121 Å². The predicted octanol–water partition coefficient (Wildman–Crippen LogP) is 7.02. The van der Waals surface area contributed by atoms with Gasteiger partial charge in [0.1, 0.15) is 5.75 Å². The minimum Gasteiger partial charge on any atom is -0.537 e. The first kappa shape index (κ1) is 22.2. The average Bonchev–Trinajstić information content (AvgIpc) is 3.25. The summed E-state index contributed by atoms with van der Waals surface area (Å²) < 4.78 is 7.70. The van der Waals surface area contributed by atoms with E-state index >= 15 is 0 Å². The van der Waals surface area contributed by atoms with Gasteiger partial charge in [0.25, 0.3) is 0 Å². The third-order valence-corrected chi connectivity index (χ3v) is 7.31. The molecule has 2 heterocycles.